The predicted octanol–water partition coefficient (Wildman–Crippen LogP) is 2.97. The molecule has 5 nitrogen and oxygen atoms in total. The molecular weight excluding hydrogens is 334 g/mol. The number of hydrogen-bond acceptors (Lipinski definition) is 5. The molecule has 0 aliphatic carbocycles. The van der Waals surface area contributed by atoms with Gasteiger partial charge in [0, 0.05) is 11.7 Å². The highest BCUT2D eigenvalue weighted by Gasteiger charge is 2.51. The van der Waals surface area contributed by atoms with Gasteiger partial charge in [0.15, 0.2) is 0 Å². The lowest BCUT2D eigenvalue weighted by Crippen LogP contribution is -2.41. The van der Waals surface area contributed by atoms with Crippen molar-refractivity contribution in [3.05, 3.63) is 53.6 Å². The van der Waals surface area contributed by atoms with Crippen LogP contribution in [0.25, 0.3) is 0 Å². The van der Waals surface area contributed by atoms with E-state index in [4.69, 9.17) is 19.3 Å². The van der Waals surface area contributed by atoms with Crippen LogP contribution in [0.4, 0.5) is 4.39 Å². The maximum Gasteiger partial charge on any atom is 0.496 e. The van der Waals surface area contributed by atoms with E-state index in [1.54, 1.807) is 24.5 Å². The topological polar surface area (TPSA) is 64.4 Å². The fourth-order valence-electron chi connectivity index (χ4n) is 2.59. The van der Waals surface area contributed by atoms with Crippen LogP contribution >= 0.6 is 0 Å². The summed E-state index contributed by atoms with van der Waals surface area (Å²) in [6.45, 7) is 8.06. The van der Waals surface area contributed by atoms with Crippen LogP contribution in [0.1, 0.15) is 38.8 Å². The van der Waals surface area contributed by atoms with Crippen molar-refractivity contribution in [3.8, 4) is 11.8 Å². The standard InChI is InChI=1S/C19H20BFN2O3/c1-18(2)19(3,4)26-20(25-18)15-8-17(11-23-10-15)24-12-14-5-13(9-22)6-16(21)7-14/h5-8,10-11H,12H2,1-4H3. The number of aromatic nitrogens is 1. The Morgan fingerprint density at radius 2 is 1.81 bits per heavy atom. The third-order valence-electron chi connectivity index (χ3n) is 4.75. The second-order valence-electron chi connectivity index (χ2n) is 7.29. The van der Waals surface area contributed by atoms with Crippen molar-refractivity contribution in [2.75, 3.05) is 0 Å². The van der Waals surface area contributed by atoms with Crippen LogP contribution < -0.4 is 10.2 Å². The van der Waals surface area contributed by atoms with Crippen LogP contribution in [0.15, 0.2) is 36.7 Å². The number of hydrogen-bond donors (Lipinski definition) is 0. The Labute approximate surface area is 152 Å². The number of halogens is 1. The van der Waals surface area contributed by atoms with Gasteiger partial charge < -0.3 is 14.0 Å². The van der Waals surface area contributed by atoms with E-state index in [0.717, 1.165) is 5.46 Å². The molecule has 1 aromatic carbocycles. The third kappa shape index (κ3) is 3.72. The van der Waals surface area contributed by atoms with E-state index in [9.17, 15) is 4.39 Å². The third-order valence-corrected chi connectivity index (χ3v) is 4.75. The largest absolute Gasteiger partial charge is 0.496 e. The predicted molar refractivity (Wildman–Crippen MR) is 95.4 cm³/mol. The summed E-state index contributed by atoms with van der Waals surface area (Å²) in [5.74, 6) is 0.0479. The zero-order chi connectivity index (χ0) is 18.9. The molecule has 26 heavy (non-hydrogen) atoms. The fourth-order valence-corrected chi connectivity index (χ4v) is 2.59. The lowest BCUT2D eigenvalue weighted by molar-refractivity contribution is 0.00578. The highest BCUT2D eigenvalue weighted by Crippen LogP contribution is 2.36. The summed E-state index contributed by atoms with van der Waals surface area (Å²) in [5, 5.41) is 8.92. The molecule has 3 rings (SSSR count). The molecule has 1 aromatic heterocycles. The molecule has 1 saturated heterocycles. The van der Waals surface area contributed by atoms with Crippen molar-refractivity contribution in [3.63, 3.8) is 0 Å². The Morgan fingerprint density at radius 3 is 2.46 bits per heavy atom. The van der Waals surface area contributed by atoms with Crippen molar-refractivity contribution in [1.29, 1.82) is 5.26 Å². The van der Waals surface area contributed by atoms with Crippen LogP contribution in [0.2, 0.25) is 0 Å². The minimum absolute atomic E-state index is 0.126. The Balaban J connectivity index is 1.73. The van der Waals surface area contributed by atoms with E-state index in [1.807, 2.05) is 33.8 Å². The zero-order valence-corrected chi connectivity index (χ0v) is 15.2. The van der Waals surface area contributed by atoms with E-state index in [-0.39, 0.29) is 12.2 Å². The second kappa shape index (κ2) is 6.71. The Morgan fingerprint density at radius 1 is 1.12 bits per heavy atom. The first kappa shape index (κ1) is 18.4. The Bertz CT molecular complexity index is 848. The molecule has 2 aromatic rings. The number of ether oxygens (including phenoxy) is 1. The second-order valence-corrected chi connectivity index (χ2v) is 7.29. The highest BCUT2D eigenvalue weighted by molar-refractivity contribution is 6.62. The highest BCUT2D eigenvalue weighted by atomic mass is 19.1. The average Bonchev–Trinajstić information content (AvgIpc) is 2.80. The molecule has 0 unspecified atom stereocenters. The van der Waals surface area contributed by atoms with Gasteiger partial charge in [0.1, 0.15) is 18.2 Å². The van der Waals surface area contributed by atoms with Crippen LogP contribution in [-0.2, 0) is 15.9 Å². The lowest BCUT2D eigenvalue weighted by Gasteiger charge is -2.32. The maximum atomic E-state index is 13.5. The van der Waals surface area contributed by atoms with Gasteiger partial charge >= 0.3 is 7.12 Å². The molecule has 0 spiro atoms. The first-order valence-corrected chi connectivity index (χ1v) is 8.33. The Kier molecular flexibility index (Phi) is 4.74. The van der Waals surface area contributed by atoms with Gasteiger partial charge in [-0.3, -0.25) is 4.98 Å². The quantitative estimate of drug-likeness (QED) is 0.790. The van der Waals surface area contributed by atoms with Crippen molar-refractivity contribution in [1.82, 2.24) is 4.98 Å². The first-order valence-electron chi connectivity index (χ1n) is 8.33. The molecule has 0 amide bonds. The summed E-state index contributed by atoms with van der Waals surface area (Å²) in [7, 11) is -0.532. The number of nitrogens with zero attached hydrogens (tertiary/aromatic N) is 2. The van der Waals surface area contributed by atoms with Gasteiger partial charge in [-0.2, -0.15) is 5.26 Å². The summed E-state index contributed by atoms with van der Waals surface area (Å²) in [6.07, 6.45) is 3.24. The van der Waals surface area contributed by atoms with E-state index < -0.39 is 24.1 Å². The maximum absolute atomic E-state index is 13.5. The molecule has 0 bridgehead atoms. The first-order chi connectivity index (χ1) is 12.2. The summed E-state index contributed by atoms with van der Waals surface area (Å²) in [4.78, 5) is 4.18. The van der Waals surface area contributed by atoms with Crippen LogP contribution in [0, 0.1) is 17.1 Å². The Hall–Kier alpha value is -2.43. The van der Waals surface area contributed by atoms with E-state index in [1.165, 1.54) is 12.1 Å². The SMILES string of the molecule is CC1(C)OB(c2cncc(OCc3cc(F)cc(C#N)c3)c2)OC1(C)C. The van der Waals surface area contributed by atoms with Gasteiger partial charge in [0.2, 0.25) is 0 Å². The van der Waals surface area contributed by atoms with Gasteiger partial charge in [-0.25, -0.2) is 4.39 Å². The van der Waals surface area contributed by atoms with Gasteiger partial charge in [0.25, 0.3) is 0 Å². The molecule has 0 saturated carbocycles. The summed E-state index contributed by atoms with van der Waals surface area (Å²) >= 11 is 0. The molecule has 2 heterocycles. The van der Waals surface area contributed by atoms with Crippen LogP contribution in [-0.4, -0.2) is 23.3 Å². The molecule has 1 fully saturated rings. The minimum atomic E-state index is -0.532. The normalized spacial score (nSPS) is 17.8. The zero-order valence-electron chi connectivity index (χ0n) is 15.2. The van der Waals surface area contributed by atoms with E-state index in [2.05, 4.69) is 4.98 Å². The van der Waals surface area contributed by atoms with Gasteiger partial charge in [-0.15, -0.1) is 0 Å². The van der Waals surface area contributed by atoms with Crippen molar-refractivity contribution in [2.24, 2.45) is 0 Å². The van der Waals surface area contributed by atoms with Gasteiger partial charge in [-0.1, -0.05) is 0 Å². The molecule has 0 N–H and O–H groups in total. The fraction of sp³-hybridized carbons (Fsp3) is 0.368. The van der Waals surface area contributed by atoms with Crippen LogP contribution in [0.5, 0.6) is 5.75 Å². The van der Waals surface area contributed by atoms with E-state index >= 15 is 0 Å². The molecule has 7 heteroatoms. The molecule has 0 atom stereocenters. The number of nitriles is 1. The van der Waals surface area contributed by atoms with Crippen LogP contribution in [0.3, 0.4) is 0 Å². The van der Waals surface area contributed by atoms with Gasteiger partial charge in [-0.05, 0) is 57.5 Å². The number of rotatable bonds is 4. The van der Waals surface area contributed by atoms with E-state index in [0.29, 0.717) is 11.3 Å². The lowest BCUT2D eigenvalue weighted by atomic mass is 9.80. The van der Waals surface area contributed by atoms with Gasteiger partial charge in [0.05, 0.1) is 29.0 Å². The number of pyridine rings is 1. The molecule has 0 radical (unpaired) electrons. The summed E-state index contributed by atoms with van der Waals surface area (Å²) in [5.41, 5.74) is 0.696. The molecular formula is C19H20BFN2O3. The van der Waals surface area contributed by atoms with Crippen molar-refractivity contribution < 1.29 is 18.4 Å². The average molecular weight is 354 g/mol. The molecule has 1 aliphatic rings. The smallest absolute Gasteiger partial charge is 0.487 e. The van der Waals surface area contributed by atoms with Crippen molar-refractivity contribution >= 4 is 12.6 Å². The molecule has 134 valence electrons. The van der Waals surface area contributed by atoms with Crippen molar-refractivity contribution in [2.45, 2.75) is 45.5 Å². The summed E-state index contributed by atoms with van der Waals surface area (Å²) < 4.78 is 31.2. The molecule has 1 aliphatic heterocycles. The summed E-state index contributed by atoms with van der Waals surface area (Å²) in [6, 6.07) is 7.83. The number of benzene rings is 1. The minimum Gasteiger partial charge on any atom is -0.487 e. The monoisotopic (exact) mass is 354 g/mol.